The lowest BCUT2D eigenvalue weighted by Gasteiger charge is -2.13. The van der Waals surface area contributed by atoms with Crippen LogP contribution in [0.15, 0.2) is 40.9 Å². The van der Waals surface area contributed by atoms with Crippen LogP contribution in [0.1, 0.15) is 13.8 Å². The highest BCUT2D eigenvalue weighted by Gasteiger charge is 2.15. The summed E-state index contributed by atoms with van der Waals surface area (Å²) in [5.74, 6) is 0.314. The smallest absolute Gasteiger partial charge is 0.347 e. The van der Waals surface area contributed by atoms with Crippen molar-refractivity contribution in [3.05, 3.63) is 40.9 Å². The Labute approximate surface area is 120 Å². The summed E-state index contributed by atoms with van der Waals surface area (Å²) in [6, 6.07) is 11.7. The Kier molecular flexibility index (Phi) is 4.43. The molecule has 0 saturated heterocycles. The van der Waals surface area contributed by atoms with Crippen molar-refractivity contribution in [3.63, 3.8) is 0 Å². The highest BCUT2D eigenvalue weighted by molar-refractivity contribution is 9.10. The first-order chi connectivity index (χ1) is 9.10. The maximum Gasteiger partial charge on any atom is 0.347 e. The molecule has 3 nitrogen and oxygen atoms in total. The van der Waals surface area contributed by atoms with Gasteiger partial charge in [0, 0.05) is 4.47 Å². The molecular formula is C15H15BrO3. The van der Waals surface area contributed by atoms with Gasteiger partial charge in [0.2, 0.25) is 0 Å². The summed E-state index contributed by atoms with van der Waals surface area (Å²) in [7, 11) is 0. The number of esters is 1. The highest BCUT2D eigenvalue weighted by atomic mass is 79.9. The van der Waals surface area contributed by atoms with Crippen molar-refractivity contribution in [2.24, 2.45) is 0 Å². The molecular weight excluding hydrogens is 308 g/mol. The van der Waals surface area contributed by atoms with Gasteiger partial charge in [0.1, 0.15) is 5.75 Å². The first kappa shape index (κ1) is 13.9. The number of rotatable bonds is 4. The van der Waals surface area contributed by atoms with Gasteiger partial charge in [0.15, 0.2) is 6.10 Å². The number of carbonyl (C=O) groups is 1. The third kappa shape index (κ3) is 3.47. The molecule has 0 spiro atoms. The summed E-state index contributed by atoms with van der Waals surface area (Å²) in [5, 5.41) is 2.18. The normalized spacial score (nSPS) is 12.2. The summed E-state index contributed by atoms with van der Waals surface area (Å²) < 4.78 is 11.5. The molecule has 0 aliphatic heterocycles. The molecule has 4 heteroatoms. The summed E-state index contributed by atoms with van der Waals surface area (Å²) >= 11 is 3.44. The number of halogens is 1. The summed E-state index contributed by atoms with van der Waals surface area (Å²) in [6.45, 7) is 3.82. The molecule has 1 atom stereocenters. The molecule has 0 fully saturated rings. The average Bonchev–Trinajstić information content (AvgIpc) is 2.39. The zero-order valence-corrected chi connectivity index (χ0v) is 12.4. The van der Waals surface area contributed by atoms with Gasteiger partial charge >= 0.3 is 5.97 Å². The second-order valence-corrected chi connectivity index (χ2v) is 5.08. The fourth-order valence-electron chi connectivity index (χ4n) is 1.78. The van der Waals surface area contributed by atoms with Crippen molar-refractivity contribution in [1.29, 1.82) is 0 Å². The molecule has 100 valence electrons. The molecule has 2 aromatic rings. The number of carbonyl (C=O) groups excluding carboxylic acids is 1. The van der Waals surface area contributed by atoms with Gasteiger partial charge in [-0.3, -0.25) is 0 Å². The summed E-state index contributed by atoms with van der Waals surface area (Å²) in [6.07, 6.45) is -0.604. The van der Waals surface area contributed by atoms with Gasteiger partial charge in [-0.2, -0.15) is 0 Å². The fraction of sp³-hybridized carbons (Fsp3) is 0.267. The van der Waals surface area contributed by atoms with Gasteiger partial charge in [0.05, 0.1) is 6.61 Å². The molecule has 0 unspecified atom stereocenters. The van der Waals surface area contributed by atoms with Crippen LogP contribution in [0.25, 0.3) is 10.8 Å². The Balaban J connectivity index is 2.17. The number of benzene rings is 2. The molecule has 0 N–H and O–H groups in total. The molecule has 0 aromatic heterocycles. The molecule has 0 aliphatic rings. The van der Waals surface area contributed by atoms with Crippen molar-refractivity contribution in [3.8, 4) is 5.75 Å². The second-order valence-electron chi connectivity index (χ2n) is 4.17. The van der Waals surface area contributed by atoms with Crippen LogP contribution < -0.4 is 4.74 Å². The van der Waals surface area contributed by atoms with E-state index in [2.05, 4.69) is 15.9 Å². The maximum absolute atomic E-state index is 11.5. The Morgan fingerprint density at radius 2 is 1.89 bits per heavy atom. The van der Waals surface area contributed by atoms with Crippen molar-refractivity contribution >= 4 is 32.7 Å². The Hall–Kier alpha value is -1.55. The topological polar surface area (TPSA) is 35.5 Å². The predicted octanol–water partition coefficient (Wildman–Crippen LogP) is 3.93. The zero-order valence-electron chi connectivity index (χ0n) is 10.9. The lowest BCUT2D eigenvalue weighted by atomic mass is 10.1. The van der Waals surface area contributed by atoms with Gasteiger partial charge in [-0.1, -0.05) is 28.1 Å². The summed E-state index contributed by atoms with van der Waals surface area (Å²) in [4.78, 5) is 11.5. The third-order valence-electron chi connectivity index (χ3n) is 2.71. The largest absolute Gasteiger partial charge is 0.479 e. The molecule has 0 bridgehead atoms. The minimum Gasteiger partial charge on any atom is -0.479 e. The van der Waals surface area contributed by atoms with E-state index in [1.165, 1.54) is 0 Å². The van der Waals surface area contributed by atoms with E-state index < -0.39 is 6.10 Å². The van der Waals surface area contributed by atoms with Crippen molar-refractivity contribution in [2.45, 2.75) is 20.0 Å². The lowest BCUT2D eigenvalue weighted by Crippen LogP contribution is -2.26. The van der Waals surface area contributed by atoms with E-state index in [1.807, 2.05) is 36.4 Å². The van der Waals surface area contributed by atoms with Crippen molar-refractivity contribution < 1.29 is 14.3 Å². The molecule has 2 aromatic carbocycles. The van der Waals surface area contributed by atoms with Crippen molar-refractivity contribution in [1.82, 2.24) is 0 Å². The number of fused-ring (bicyclic) bond motifs is 1. The average molecular weight is 323 g/mol. The van der Waals surface area contributed by atoms with Crippen LogP contribution in [-0.2, 0) is 9.53 Å². The quantitative estimate of drug-likeness (QED) is 0.800. The van der Waals surface area contributed by atoms with Gasteiger partial charge in [-0.05, 0) is 48.9 Å². The van der Waals surface area contributed by atoms with Crippen LogP contribution >= 0.6 is 15.9 Å². The van der Waals surface area contributed by atoms with Crippen LogP contribution in [0.5, 0.6) is 5.75 Å². The van der Waals surface area contributed by atoms with E-state index in [0.29, 0.717) is 12.4 Å². The first-order valence-corrected chi connectivity index (χ1v) is 6.92. The van der Waals surface area contributed by atoms with Crippen LogP contribution in [0, 0.1) is 0 Å². The van der Waals surface area contributed by atoms with E-state index in [0.717, 1.165) is 15.2 Å². The minimum absolute atomic E-state index is 0.349. The minimum atomic E-state index is -0.604. The third-order valence-corrected chi connectivity index (χ3v) is 3.20. The highest BCUT2D eigenvalue weighted by Crippen LogP contribution is 2.24. The standard InChI is InChI=1S/C15H15BrO3/c1-3-18-15(17)10(2)19-14-7-5-11-8-13(16)6-4-12(11)9-14/h4-10H,3H2,1-2H3/t10-/m0/s1. The van der Waals surface area contributed by atoms with Crippen LogP contribution in [0.4, 0.5) is 0 Å². The molecule has 0 saturated carbocycles. The monoisotopic (exact) mass is 322 g/mol. The van der Waals surface area contributed by atoms with Crippen LogP contribution in [-0.4, -0.2) is 18.7 Å². The fourth-order valence-corrected chi connectivity index (χ4v) is 2.16. The molecule has 0 radical (unpaired) electrons. The van der Waals surface area contributed by atoms with Gasteiger partial charge < -0.3 is 9.47 Å². The van der Waals surface area contributed by atoms with Crippen LogP contribution in [0.3, 0.4) is 0 Å². The Bertz CT molecular complexity index is 595. The molecule has 0 heterocycles. The molecule has 0 amide bonds. The molecule has 0 aliphatic carbocycles. The maximum atomic E-state index is 11.5. The Morgan fingerprint density at radius 3 is 2.63 bits per heavy atom. The van der Waals surface area contributed by atoms with E-state index in [1.54, 1.807) is 13.8 Å². The Morgan fingerprint density at radius 1 is 1.21 bits per heavy atom. The van der Waals surface area contributed by atoms with Gasteiger partial charge in [0.25, 0.3) is 0 Å². The zero-order chi connectivity index (χ0) is 13.8. The van der Waals surface area contributed by atoms with E-state index in [9.17, 15) is 4.79 Å². The SMILES string of the molecule is CCOC(=O)[C@H](C)Oc1ccc2cc(Br)ccc2c1. The van der Waals surface area contributed by atoms with E-state index in [4.69, 9.17) is 9.47 Å². The van der Waals surface area contributed by atoms with Gasteiger partial charge in [-0.15, -0.1) is 0 Å². The molecule has 2 rings (SSSR count). The van der Waals surface area contributed by atoms with E-state index >= 15 is 0 Å². The molecule has 19 heavy (non-hydrogen) atoms. The predicted molar refractivity (Wildman–Crippen MR) is 78.4 cm³/mol. The summed E-state index contributed by atoms with van der Waals surface area (Å²) in [5.41, 5.74) is 0. The van der Waals surface area contributed by atoms with Gasteiger partial charge in [-0.25, -0.2) is 4.79 Å². The lowest BCUT2D eigenvalue weighted by molar-refractivity contribution is -0.150. The van der Waals surface area contributed by atoms with Crippen molar-refractivity contribution in [2.75, 3.05) is 6.61 Å². The first-order valence-electron chi connectivity index (χ1n) is 6.12. The number of ether oxygens (including phenoxy) is 2. The number of hydrogen-bond donors (Lipinski definition) is 0. The van der Waals surface area contributed by atoms with Crippen LogP contribution in [0.2, 0.25) is 0 Å². The number of hydrogen-bond acceptors (Lipinski definition) is 3. The second kappa shape index (κ2) is 6.06. The van der Waals surface area contributed by atoms with E-state index in [-0.39, 0.29) is 5.97 Å².